The largest absolute Gasteiger partial charge is 0.330 e. The summed E-state index contributed by atoms with van der Waals surface area (Å²) in [6, 6.07) is 1.39. The molecule has 66 valence electrons. The number of hydrogen-bond acceptors (Lipinski definition) is 2. The molecular weight excluding hydrogens is 155 g/mol. The minimum atomic E-state index is -0.170. The van der Waals surface area contributed by atoms with Crippen LogP contribution in [0.2, 0.25) is 0 Å². The second-order valence-electron chi connectivity index (χ2n) is 2.75. The van der Waals surface area contributed by atoms with Crippen LogP contribution in [0.1, 0.15) is 17.7 Å². The van der Waals surface area contributed by atoms with E-state index in [0.717, 1.165) is 12.1 Å². The third-order valence-corrected chi connectivity index (χ3v) is 1.84. The van der Waals surface area contributed by atoms with Gasteiger partial charge in [0.25, 0.3) is 0 Å². The molecule has 1 rings (SSSR count). The lowest BCUT2D eigenvalue weighted by molar-refractivity contribution is 0.599. The first-order chi connectivity index (χ1) is 5.75. The zero-order chi connectivity index (χ0) is 8.97. The summed E-state index contributed by atoms with van der Waals surface area (Å²) in [5, 5.41) is 0. The van der Waals surface area contributed by atoms with Gasteiger partial charge < -0.3 is 5.73 Å². The third-order valence-electron chi connectivity index (χ3n) is 1.84. The van der Waals surface area contributed by atoms with Crippen molar-refractivity contribution in [2.75, 3.05) is 6.54 Å². The number of rotatable bonds is 3. The van der Waals surface area contributed by atoms with Crippen LogP contribution >= 0.6 is 0 Å². The Labute approximate surface area is 71.6 Å². The minimum Gasteiger partial charge on any atom is -0.330 e. The molecule has 0 atom stereocenters. The molecule has 1 aromatic rings. The summed E-state index contributed by atoms with van der Waals surface area (Å²) in [6.45, 7) is 2.41. The summed E-state index contributed by atoms with van der Waals surface area (Å²) in [5.41, 5.74) is 6.80. The molecule has 2 N–H and O–H groups in total. The molecular formula is C9H13FN2. The lowest BCUT2D eigenvalue weighted by Gasteiger charge is -2.04. The van der Waals surface area contributed by atoms with Crippen LogP contribution in [0.15, 0.2) is 12.3 Å². The zero-order valence-corrected chi connectivity index (χ0v) is 7.18. The summed E-state index contributed by atoms with van der Waals surface area (Å²) >= 11 is 0. The molecule has 0 radical (unpaired) electrons. The van der Waals surface area contributed by atoms with Crippen molar-refractivity contribution in [3.8, 4) is 0 Å². The van der Waals surface area contributed by atoms with Crippen molar-refractivity contribution in [1.82, 2.24) is 4.98 Å². The van der Waals surface area contributed by atoms with E-state index in [-0.39, 0.29) is 5.82 Å². The molecule has 0 fully saturated rings. The first kappa shape index (κ1) is 9.13. The standard InChI is InChI=1S/C9H13FN2/c1-7-8(3-2-5-11)9(10)4-6-12-7/h4,6H,2-3,5,11H2,1H3. The predicted octanol–water partition coefficient (Wildman–Crippen LogP) is 1.42. The molecule has 0 aliphatic heterocycles. The Hall–Kier alpha value is -0.960. The Morgan fingerprint density at radius 3 is 2.92 bits per heavy atom. The van der Waals surface area contributed by atoms with Gasteiger partial charge in [0.2, 0.25) is 0 Å². The van der Waals surface area contributed by atoms with E-state index in [1.54, 1.807) is 0 Å². The molecule has 0 bridgehead atoms. The van der Waals surface area contributed by atoms with E-state index < -0.39 is 0 Å². The van der Waals surface area contributed by atoms with Gasteiger partial charge in [-0.15, -0.1) is 0 Å². The Morgan fingerprint density at radius 2 is 2.33 bits per heavy atom. The van der Waals surface area contributed by atoms with Gasteiger partial charge in [-0.05, 0) is 32.4 Å². The molecule has 0 aromatic carbocycles. The van der Waals surface area contributed by atoms with Crippen molar-refractivity contribution in [1.29, 1.82) is 0 Å². The third kappa shape index (κ3) is 2.01. The molecule has 0 unspecified atom stereocenters. The van der Waals surface area contributed by atoms with E-state index in [1.807, 2.05) is 6.92 Å². The van der Waals surface area contributed by atoms with Crippen molar-refractivity contribution in [3.05, 3.63) is 29.3 Å². The van der Waals surface area contributed by atoms with E-state index in [2.05, 4.69) is 4.98 Å². The molecule has 0 saturated carbocycles. The molecule has 0 aliphatic carbocycles. The van der Waals surface area contributed by atoms with E-state index in [4.69, 9.17) is 5.73 Å². The van der Waals surface area contributed by atoms with Crippen molar-refractivity contribution in [3.63, 3.8) is 0 Å². The number of nitrogens with zero attached hydrogens (tertiary/aromatic N) is 1. The highest BCUT2D eigenvalue weighted by Crippen LogP contribution is 2.11. The van der Waals surface area contributed by atoms with Crippen molar-refractivity contribution in [2.45, 2.75) is 19.8 Å². The summed E-state index contributed by atoms with van der Waals surface area (Å²) in [7, 11) is 0. The summed E-state index contributed by atoms with van der Waals surface area (Å²) in [5.74, 6) is -0.170. The molecule has 3 heteroatoms. The Balaban J connectivity index is 2.81. The van der Waals surface area contributed by atoms with Crippen molar-refractivity contribution in [2.24, 2.45) is 5.73 Å². The molecule has 2 nitrogen and oxygen atoms in total. The van der Waals surface area contributed by atoms with Crippen LogP contribution in [0.3, 0.4) is 0 Å². The van der Waals surface area contributed by atoms with E-state index >= 15 is 0 Å². The van der Waals surface area contributed by atoms with E-state index in [0.29, 0.717) is 18.5 Å². The van der Waals surface area contributed by atoms with Crippen LogP contribution in [0.4, 0.5) is 4.39 Å². The van der Waals surface area contributed by atoms with Gasteiger partial charge in [-0.25, -0.2) is 4.39 Å². The fourth-order valence-corrected chi connectivity index (χ4v) is 1.14. The fraction of sp³-hybridized carbons (Fsp3) is 0.444. The van der Waals surface area contributed by atoms with Crippen LogP contribution < -0.4 is 5.73 Å². The fourth-order valence-electron chi connectivity index (χ4n) is 1.14. The van der Waals surface area contributed by atoms with Crippen LogP contribution in [0.5, 0.6) is 0 Å². The number of aryl methyl sites for hydroxylation is 1. The number of halogens is 1. The predicted molar refractivity (Wildman–Crippen MR) is 46.3 cm³/mol. The molecule has 0 saturated heterocycles. The van der Waals surface area contributed by atoms with Gasteiger partial charge in [0, 0.05) is 17.5 Å². The highest BCUT2D eigenvalue weighted by Gasteiger charge is 2.04. The van der Waals surface area contributed by atoms with Gasteiger partial charge in [0.15, 0.2) is 0 Å². The highest BCUT2D eigenvalue weighted by atomic mass is 19.1. The van der Waals surface area contributed by atoms with Gasteiger partial charge in [-0.2, -0.15) is 0 Å². The lowest BCUT2D eigenvalue weighted by Crippen LogP contribution is -2.03. The average Bonchev–Trinajstić information content (AvgIpc) is 2.04. The van der Waals surface area contributed by atoms with Crippen molar-refractivity contribution < 1.29 is 4.39 Å². The summed E-state index contributed by atoms with van der Waals surface area (Å²) < 4.78 is 13.1. The average molecular weight is 168 g/mol. The van der Waals surface area contributed by atoms with Gasteiger partial charge in [0.1, 0.15) is 5.82 Å². The molecule has 0 spiro atoms. The van der Waals surface area contributed by atoms with Crippen LogP contribution in [-0.4, -0.2) is 11.5 Å². The van der Waals surface area contributed by atoms with Crippen LogP contribution in [0.25, 0.3) is 0 Å². The monoisotopic (exact) mass is 168 g/mol. The molecule has 1 aromatic heterocycles. The van der Waals surface area contributed by atoms with Gasteiger partial charge in [-0.3, -0.25) is 4.98 Å². The highest BCUT2D eigenvalue weighted by molar-refractivity contribution is 5.20. The number of aromatic nitrogens is 1. The van der Waals surface area contributed by atoms with Gasteiger partial charge in [0.05, 0.1) is 0 Å². The lowest BCUT2D eigenvalue weighted by atomic mass is 10.1. The molecule has 12 heavy (non-hydrogen) atoms. The minimum absolute atomic E-state index is 0.170. The molecule has 1 heterocycles. The Kier molecular flexibility index (Phi) is 3.17. The van der Waals surface area contributed by atoms with E-state index in [1.165, 1.54) is 12.3 Å². The van der Waals surface area contributed by atoms with E-state index in [9.17, 15) is 4.39 Å². The smallest absolute Gasteiger partial charge is 0.129 e. The van der Waals surface area contributed by atoms with Crippen LogP contribution in [0, 0.1) is 12.7 Å². The Morgan fingerprint density at radius 1 is 1.58 bits per heavy atom. The van der Waals surface area contributed by atoms with Gasteiger partial charge >= 0.3 is 0 Å². The summed E-state index contributed by atoms with van der Waals surface area (Å²) in [6.07, 6.45) is 2.97. The zero-order valence-electron chi connectivity index (χ0n) is 7.18. The molecule has 0 amide bonds. The Bertz CT molecular complexity index is 240. The quantitative estimate of drug-likeness (QED) is 0.741. The van der Waals surface area contributed by atoms with Gasteiger partial charge in [-0.1, -0.05) is 0 Å². The maximum absolute atomic E-state index is 13.1. The summed E-state index contributed by atoms with van der Waals surface area (Å²) in [4.78, 5) is 4.01. The topological polar surface area (TPSA) is 38.9 Å². The first-order valence-corrected chi connectivity index (χ1v) is 4.05. The normalized spacial score (nSPS) is 10.2. The number of hydrogen-bond donors (Lipinski definition) is 1. The van der Waals surface area contributed by atoms with Crippen LogP contribution in [-0.2, 0) is 6.42 Å². The SMILES string of the molecule is Cc1nccc(F)c1CCCN. The maximum atomic E-state index is 13.1. The second kappa shape index (κ2) is 4.16. The number of nitrogens with two attached hydrogens (primary N) is 1. The second-order valence-corrected chi connectivity index (χ2v) is 2.75. The number of pyridine rings is 1. The molecule has 0 aliphatic rings. The first-order valence-electron chi connectivity index (χ1n) is 4.05. The maximum Gasteiger partial charge on any atom is 0.129 e. The van der Waals surface area contributed by atoms with Crippen molar-refractivity contribution >= 4 is 0 Å².